The molecule has 2 aromatic rings. The van der Waals surface area contributed by atoms with E-state index in [1.807, 2.05) is 18.6 Å². The van der Waals surface area contributed by atoms with Gasteiger partial charge in [-0.2, -0.15) is 14.3 Å². The Labute approximate surface area is 230 Å². The molecular weight excluding hydrogens is 518 g/mol. The van der Waals surface area contributed by atoms with E-state index in [0.717, 1.165) is 18.4 Å². The number of hydrogen-bond donors (Lipinski definition) is 3. The molecule has 0 saturated heterocycles. The Bertz CT molecular complexity index is 1330. The lowest BCUT2D eigenvalue weighted by Crippen LogP contribution is -2.48. The maximum absolute atomic E-state index is 13.2. The number of quaternary nitrogens is 1. The van der Waals surface area contributed by atoms with Crippen LogP contribution in [0.4, 0.5) is 22.6 Å². The van der Waals surface area contributed by atoms with Crippen molar-refractivity contribution in [1.29, 1.82) is 0 Å². The van der Waals surface area contributed by atoms with Gasteiger partial charge in [0.25, 0.3) is 0 Å². The number of benzene rings is 1. The Morgan fingerprint density at radius 1 is 1.10 bits per heavy atom. The standard InChI is InChI=1S/C27H37N7O4S/c1-19(21-10-6-4-7-11-21)30-25-31-24(29-18-20-14-16-23(17-15-20)39(28,36)37)32-26(33-25)34(2,3)27(35)38-22-12-8-5-9-13-22/h5,8,12-17,19,21H,4,6-7,9-11,18H2,1-3H3,(H2,28,36,37)(H2,29,30,31,32,33)/q+1. The number of primary sulfonamides is 1. The van der Waals surface area contributed by atoms with E-state index >= 15 is 0 Å². The summed E-state index contributed by atoms with van der Waals surface area (Å²) < 4.78 is 28.4. The van der Waals surface area contributed by atoms with Gasteiger partial charge in [-0.1, -0.05) is 37.5 Å². The molecule has 4 rings (SSSR count). The highest BCUT2D eigenvalue weighted by atomic mass is 32.2. The van der Waals surface area contributed by atoms with Gasteiger partial charge in [-0.05, 0) is 68.4 Å². The minimum absolute atomic E-state index is 0.0373. The highest BCUT2D eigenvalue weighted by Crippen LogP contribution is 2.28. The molecule has 39 heavy (non-hydrogen) atoms. The lowest BCUT2D eigenvalue weighted by Gasteiger charge is -2.28. The number of nitrogens with two attached hydrogens (primary N) is 1. The van der Waals surface area contributed by atoms with Crippen molar-refractivity contribution in [3.05, 3.63) is 60.2 Å². The molecule has 1 aromatic heterocycles. The van der Waals surface area contributed by atoms with Crippen molar-refractivity contribution in [2.45, 2.75) is 62.9 Å². The third kappa shape index (κ3) is 7.61. The second-order valence-corrected chi connectivity index (χ2v) is 12.0. The van der Waals surface area contributed by atoms with Gasteiger partial charge in [0.2, 0.25) is 21.9 Å². The number of anilines is 2. The Balaban J connectivity index is 1.57. The summed E-state index contributed by atoms with van der Waals surface area (Å²) in [7, 11) is -0.436. The number of allylic oxidation sites excluding steroid dienone is 3. The van der Waals surface area contributed by atoms with Crippen LogP contribution in [0.5, 0.6) is 0 Å². The highest BCUT2D eigenvalue weighted by molar-refractivity contribution is 7.89. The minimum Gasteiger partial charge on any atom is -0.381 e. The largest absolute Gasteiger partial charge is 0.528 e. The molecule has 12 heteroatoms. The average molecular weight is 556 g/mol. The maximum atomic E-state index is 13.2. The number of carbonyl (C=O) groups excluding carboxylic acids is 1. The van der Waals surface area contributed by atoms with Gasteiger partial charge in [0.1, 0.15) is 5.76 Å². The summed E-state index contributed by atoms with van der Waals surface area (Å²) in [5.41, 5.74) is 0.801. The topological polar surface area (TPSA) is 149 Å². The molecule has 0 bridgehead atoms. The summed E-state index contributed by atoms with van der Waals surface area (Å²) in [6.07, 6.45) is 13.5. The normalized spacial score (nSPS) is 17.3. The minimum atomic E-state index is -3.77. The lowest BCUT2D eigenvalue weighted by molar-refractivity contribution is 0.148. The summed E-state index contributed by atoms with van der Waals surface area (Å²) in [6.45, 7) is 2.45. The van der Waals surface area contributed by atoms with Crippen molar-refractivity contribution in [3.8, 4) is 0 Å². The molecule has 2 aliphatic carbocycles. The fourth-order valence-electron chi connectivity index (χ4n) is 4.56. The molecule has 1 atom stereocenters. The van der Waals surface area contributed by atoms with Crippen LogP contribution in [0.25, 0.3) is 0 Å². The zero-order valence-corrected chi connectivity index (χ0v) is 23.4. The number of hydrogen-bond acceptors (Lipinski definition) is 9. The van der Waals surface area contributed by atoms with Gasteiger partial charge in [0, 0.05) is 12.6 Å². The second kappa shape index (κ2) is 12.2. The first-order valence-electron chi connectivity index (χ1n) is 13.2. The highest BCUT2D eigenvalue weighted by Gasteiger charge is 2.37. The van der Waals surface area contributed by atoms with Gasteiger partial charge in [-0.15, -0.1) is 9.97 Å². The van der Waals surface area contributed by atoms with Gasteiger partial charge in [0.05, 0.1) is 19.0 Å². The summed E-state index contributed by atoms with van der Waals surface area (Å²) in [5, 5.41) is 11.8. The molecular formula is C27H37N7O4S+. The monoisotopic (exact) mass is 555 g/mol. The van der Waals surface area contributed by atoms with E-state index in [1.165, 1.54) is 31.4 Å². The average Bonchev–Trinajstić information content (AvgIpc) is 2.92. The Kier molecular flexibility index (Phi) is 8.98. The predicted octanol–water partition coefficient (Wildman–Crippen LogP) is 4.26. The van der Waals surface area contributed by atoms with Crippen LogP contribution in [-0.4, -0.2) is 49.6 Å². The first-order valence-corrected chi connectivity index (χ1v) is 14.7. The van der Waals surface area contributed by atoms with Crippen molar-refractivity contribution >= 4 is 34.0 Å². The van der Waals surface area contributed by atoms with Crippen LogP contribution in [-0.2, 0) is 21.3 Å². The third-order valence-corrected chi connectivity index (χ3v) is 7.98. The van der Waals surface area contributed by atoms with Crippen LogP contribution in [0.1, 0.15) is 51.0 Å². The molecule has 1 saturated carbocycles. The lowest BCUT2D eigenvalue weighted by atomic mass is 9.85. The number of aromatic nitrogens is 3. The molecule has 1 fully saturated rings. The molecule has 0 aliphatic heterocycles. The summed E-state index contributed by atoms with van der Waals surface area (Å²) in [6, 6.07) is 6.38. The first-order chi connectivity index (χ1) is 18.5. The van der Waals surface area contributed by atoms with Gasteiger partial charge in [-0.25, -0.2) is 13.6 Å². The molecule has 4 N–H and O–H groups in total. The molecule has 0 spiro atoms. The first kappa shape index (κ1) is 28.7. The molecule has 2 aliphatic rings. The smallest absolute Gasteiger partial charge is 0.381 e. The predicted molar refractivity (Wildman–Crippen MR) is 151 cm³/mol. The van der Waals surface area contributed by atoms with E-state index in [0.29, 0.717) is 30.6 Å². The van der Waals surface area contributed by atoms with Crippen LogP contribution < -0.4 is 20.3 Å². The SMILES string of the molecule is CC(Nc1nc(NCc2ccc(S(N)(=O)=O)cc2)nc([N+](C)(C)C(=O)OC2=CC[CH]C=C2)n1)C1CCCCC1. The van der Waals surface area contributed by atoms with Crippen LogP contribution in [0.3, 0.4) is 0 Å². The van der Waals surface area contributed by atoms with Crippen LogP contribution in [0, 0.1) is 12.3 Å². The van der Waals surface area contributed by atoms with Crippen molar-refractivity contribution < 1.29 is 17.9 Å². The molecule has 1 heterocycles. The zero-order chi connectivity index (χ0) is 28.0. The van der Waals surface area contributed by atoms with Crippen LogP contribution in [0.15, 0.2) is 53.1 Å². The molecule has 209 valence electrons. The van der Waals surface area contributed by atoms with E-state index in [9.17, 15) is 13.2 Å². The fraction of sp³-hybridized carbons (Fsp3) is 0.444. The van der Waals surface area contributed by atoms with Crippen molar-refractivity contribution in [2.24, 2.45) is 11.1 Å². The number of nitrogens with zero attached hydrogens (tertiary/aromatic N) is 4. The van der Waals surface area contributed by atoms with E-state index in [2.05, 4.69) is 32.5 Å². The Morgan fingerprint density at radius 3 is 2.44 bits per heavy atom. The number of amides is 1. The zero-order valence-electron chi connectivity index (χ0n) is 22.6. The van der Waals surface area contributed by atoms with E-state index in [4.69, 9.17) is 9.88 Å². The summed E-state index contributed by atoms with van der Waals surface area (Å²) in [5.74, 6) is 1.86. The van der Waals surface area contributed by atoms with Crippen LogP contribution >= 0.6 is 0 Å². The van der Waals surface area contributed by atoms with E-state index in [-0.39, 0.29) is 27.3 Å². The van der Waals surface area contributed by atoms with E-state index in [1.54, 1.807) is 32.3 Å². The Morgan fingerprint density at radius 2 is 1.79 bits per heavy atom. The van der Waals surface area contributed by atoms with Crippen molar-refractivity contribution in [3.63, 3.8) is 0 Å². The van der Waals surface area contributed by atoms with Crippen LogP contribution in [0.2, 0.25) is 0 Å². The van der Waals surface area contributed by atoms with Gasteiger partial charge in [0.15, 0.2) is 0 Å². The molecule has 1 radical (unpaired) electrons. The summed E-state index contributed by atoms with van der Waals surface area (Å²) >= 11 is 0. The van der Waals surface area contributed by atoms with E-state index < -0.39 is 16.1 Å². The van der Waals surface area contributed by atoms with Gasteiger partial charge >= 0.3 is 12.0 Å². The molecule has 1 unspecified atom stereocenters. The summed E-state index contributed by atoms with van der Waals surface area (Å²) in [4.78, 5) is 27.0. The number of ether oxygens (including phenoxy) is 1. The number of nitrogens with one attached hydrogen (secondary N) is 2. The maximum Gasteiger partial charge on any atom is 0.528 e. The van der Waals surface area contributed by atoms with Gasteiger partial charge < -0.3 is 15.4 Å². The van der Waals surface area contributed by atoms with Gasteiger partial charge in [-0.3, -0.25) is 0 Å². The third-order valence-electron chi connectivity index (χ3n) is 7.05. The second-order valence-electron chi connectivity index (χ2n) is 10.4. The van der Waals surface area contributed by atoms with Crippen molar-refractivity contribution in [2.75, 3.05) is 24.7 Å². The quantitative estimate of drug-likeness (QED) is 0.386. The van der Waals surface area contributed by atoms with Crippen molar-refractivity contribution in [1.82, 2.24) is 19.4 Å². The Hall–Kier alpha value is -3.35. The number of rotatable bonds is 9. The molecule has 11 nitrogen and oxygen atoms in total. The molecule has 1 aromatic carbocycles. The number of sulfonamides is 1. The molecule has 1 amide bonds. The number of carbonyl (C=O) groups is 1. The fourth-order valence-corrected chi connectivity index (χ4v) is 5.07.